The van der Waals surface area contributed by atoms with E-state index in [1.54, 1.807) is 12.1 Å². The topological polar surface area (TPSA) is 74.3 Å². The molecule has 2 rings (SSSR count). The van der Waals surface area contributed by atoms with Gasteiger partial charge in [0.05, 0.1) is 10.6 Å². The molecule has 0 aromatic heterocycles. The number of hydrogen-bond acceptors (Lipinski definition) is 6. The van der Waals surface area contributed by atoms with Gasteiger partial charge in [0.1, 0.15) is 0 Å². The van der Waals surface area contributed by atoms with E-state index in [-0.39, 0.29) is 10.6 Å². The SMILES string of the molecule is CCCCCCCCN(CCCCCCCC)c1ccc(N=Nc2ccc(CCCN(C)C)cc2[N+](=O)[O-])cc1. The molecule has 0 fully saturated rings. The highest BCUT2D eigenvalue weighted by Gasteiger charge is 2.15. The number of anilines is 1. The summed E-state index contributed by atoms with van der Waals surface area (Å²) in [6.07, 6.45) is 17.3. The fraction of sp³-hybridized carbons (Fsp3) is 0.636. The molecule has 222 valence electrons. The minimum atomic E-state index is -0.366. The third-order valence-corrected chi connectivity index (χ3v) is 7.36. The van der Waals surface area contributed by atoms with Crippen molar-refractivity contribution in [3.05, 3.63) is 58.1 Å². The first-order chi connectivity index (χ1) is 19.4. The third-order valence-electron chi connectivity index (χ3n) is 7.36. The van der Waals surface area contributed by atoms with Crippen LogP contribution in [0.5, 0.6) is 0 Å². The van der Waals surface area contributed by atoms with Crippen molar-refractivity contribution in [3.63, 3.8) is 0 Å². The Hall–Kier alpha value is -2.80. The van der Waals surface area contributed by atoms with Crippen molar-refractivity contribution in [2.75, 3.05) is 38.6 Å². The maximum atomic E-state index is 11.7. The van der Waals surface area contributed by atoms with Gasteiger partial charge in [-0.1, -0.05) is 84.1 Å². The molecular weight excluding hydrogens is 498 g/mol. The predicted molar refractivity (Wildman–Crippen MR) is 170 cm³/mol. The quantitative estimate of drug-likeness (QED) is 0.0631. The number of nitrogens with zero attached hydrogens (tertiary/aromatic N) is 5. The molecule has 2 aromatic rings. The van der Waals surface area contributed by atoms with Crippen molar-refractivity contribution in [1.82, 2.24) is 4.90 Å². The lowest BCUT2D eigenvalue weighted by molar-refractivity contribution is -0.384. The van der Waals surface area contributed by atoms with Crippen molar-refractivity contribution in [1.29, 1.82) is 0 Å². The molecule has 0 bridgehead atoms. The Morgan fingerprint density at radius 2 is 1.27 bits per heavy atom. The van der Waals surface area contributed by atoms with Crippen LogP contribution in [0.4, 0.5) is 22.7 Å². The molecule has 0 unspecified atom stereocenters. The summed E-state index contributed by atoms with van der Waals surface area (Å²) in [5, 5.41) is 20.3. The van der Waals surface area contributed by atoms with E-state index >= 15 is 0 Å². The Morgan fingerprint density at radius 3 is 1.82 bits per heavy atom. The first-order valence-corrected chi connectivity index (χ1v) is 15.6. The van der Waals surface area contributed by atoms with Gasteiger partial charge in [0, 0.05) is 24.8 Å². The van der Waals surface area contributed by atoms with Crippen molar-refractivity contribution >= 4 is 22.7 Å². The number of nitro groups is 1. The average molecular weight is 552 g/mol. The van der Waals surface area contributed by atoms with Crippen LogP contribution in [-0.4, -0.2) is 43.6 Å². The number of aryl methyl sites for hydroxylation is 1. The van der Waals surface area contributed by atoms with Crippen molar-refractivity contribution < 1.29 is 4.92 Å². The molecule has 0 radical (unpaired) electrons. The Bertz CT molecular complexity index is 975. The first kappa shape index (κ1) is 33.4. The standard InChI is InChI=1S/C33H53N5O2/c1-5-7-9-11-13-15-26-37(27-16-14-12-10-8-6-2)31-22-20-30(21-23-31)34-35-32-24-19-29(18-17-25-36(3)4)28-33(32)38(39)40/h19-24,28H,5-18,25-27H2,1-4H3. The van der Waals surface area contributed by atoms with Crippen LogP contribution in [0.1, 0.15) is 103 Å². The molecule has 7 nitrogen and oxygen atoms in total. The summed E-state index contributed by atoms with van der Waals surface area (Å²) in [4.78, 5) is 16.0. The van der Waals surface area contributed by atoms with E-state index in [1.807, 2.05) is 32.3 Å². The minimum absolute atomic E-state index is 0.00627. The van der Waals surface area contributed by atoms with Gasteiger partial charge in [-0.2, -0.15) is 5.11 Å². The molecule has 0 aliphatic heterocycles. The lowest BCUT2D eigenvalue weighted by Crippen LogP contribution is -2.25. The molecular formula is C33H53N5O2. The van der Waals surface area contributed by atoms with E-state index in [0.29, 0.717) is 11.4 Å². The van der Waals surface area contributed by atoms with E-state index in [1.165, 1.54) is 82.7 Å². The zero-order valence-electron chi connectivity index (χ0n) is 25.6. The number of unbranched alkanes of at least 4 members (excludes halogenated alkanes) is 10. The van der Waals surface area contributed by atoms with Crippen LogP contribution >= 0.6 is 0 Å². The summed E-state index contributed by atoms with van der Waals surface area (Å²) in [6.45, 7) is 7.62. The van der Waals surface area contributed by atoms with Crippen molar-refractivity contribution in [2.24, 2.45) is 10.2 Å². The second-order valence-electron chi connectivity index (χ2n) is 11.2. The molecule has 40 heavy (non-hydrogen) atoms. The third kappa shape index (κ3) is 13.5. The molecule has 0 saturated heterocycles. The lowest BCUT2D eigenvalue weighted by Gasteiger charge is -2.25. The summed E-state index contributed by atoms with van der Waals surface area (Å²) < 4.78 is 0. The van der Waals surface area contributed by atoms with Gasteiger partial charge in [-0.3, -0.25) is 10.1 Å². The van der Waals surface area contributed by atoms with Crippen LogP contribution in [-0.2, 0) is 6.42 Å². The number of nitro benzene ring substituents is 1. The number of azo groups is 1. The summed E-state index contributed by atoms with van der Waals surface area (Å²) in [5.74, 6) is 0. The zero-order chi connectivity index (χ0) is 29.0. The maximum Gasteiger partial charge on any atom is 0.296 e. The number of benzene rings is 2. The second-order valence-corrected chi connectivity index (χ2v) is 11.2. The molecule has 0 heterocycles. The van der Waals surface area contributed by atoms with Crippen LogP contribution in [0, 0.1) is 10.1 Å². The molecule has 0 aliphatic carbocycles. The van der Waals surface area contributed by atoms with Crippen LogP contribution < -0.4 is 4.90 Å². The molecule has 0 atom stereocenters. The molecule has 0 saturated carbocycles. The summed E-state index contributed by atoms with van der Waals surface area (Å²) in [6, 6.07) is 13.4. The zero-order valence-corrected chi connectivity index (χ0v) is 25.6. The fourth-order valence-corrected chi connectivity index (χ4v) is 4.93. The highest BCUT2D eigenvalue weighted by atomic mass is 16.6. The van der Waals surface area contributed by atoms with E-state index in [4.69, 9.17) is 0 Å². The van der Waals surface area contributed by atoms with Crippen LogP contribution in [0.3, 0.4) is 0 Å². The highest BCUT2D eigenvalue weighted by molar-refractivity contribution is 5.59. The molecule has 2 aromatic carbocycles. The summed E-state index contributed by atoms with van der Waals surface area (Å²) in [7, 11) is 4.06. The van der Waals surface area contributed by atoms with Crippen LogP contribution in [0.2, 0.25) is 0 Å². The van der Waals surface area contributed by atoms with Gasteiger partial charge >= 0.3 is 0 Å². The van der Waals surface area contributed by atoms with Gasteiger partial charge in [-0.15, -0.1) is 5.11 Å². The molecule has 7 heteroatoms. The second kappa shape index (κ2) is 20.1. The van der Waals surface area contributed by atoms with Gasteiger partial charge < -0.3 is 9.80 Å². The van der Waals surface area contributed by atoms with E-state index in [2.05, 4.69) is 46.0 Å². The van der Waals surface area contributed by atoms with Gasteiger partial charge in [0.2, 0.25) is 0 Å². The Morgan fingerprint density at radius 1 is 0.700 bits per heavy atom. The minimum Gasteiger partial charge on any atom is -0.372 e. The average Bonchev–Trinajstić information content (AvgIpc) is 2.95. The molecule has 0 aliphatic rings. The fourth-order valence-electron chi connectivity index (χ4n) is 4.93. The van der Waals surface area contributed by atoms with Crippen LogP contribution in [0.25, 0.3) is 0 Å². The number of rotatable bonds is 22. The van der Waals surface area contributed by atoms with E-state index in [9.17, 15) is 10.1 Å². The van der Waals surface area contributed by atoms with Gasteiger partial charge in [-0.25, -0.2) is 0 Å². The summed E-state index contributed by atoms with van der Waals surface area (Å²) >= 11 is 0. The van der Waals surface area contributed by atoms with Gasteiger partial charge in [0.15, 0.2) is 5.69 Å². The molecule has 0 N–H and O–H groups in total. The largest absolute Gasteiger partial charge is 0.372 e. The van der Waals surface area contributed by atoms with Crippen molar-refractivity contribution in [2.45, 2.75) is 104 Å². The maximum absolute atomic E-state index is 11.7. The lowest BCUT2D eigenvalue weighted by atomic mass is 10.1. The Balaban J connectivity index is 2.02. The predicted octanol–water partition coefficient (Wildman–Crippen LogP) is 10.0. The van der Waals surface area contributed by atoms with Gasteiger partial charge in [0.25, 0.3) is 5.69 Å². The van der Waals surface area contributed by atoms with Crippen LogP contribution in [0.15, 0.2) is 52.7 Å². The highest BCUT2D eigenvalue weighted by Crippen LogP contribution is 2.31. The first-order valence-electron chi connectivity index (χ1n) is 15.6. The number of hydrogen-bond donors (Lipinski definition) is 0. The van der Waals surface area contributed by atoms with E-state index < -0.39 is 0 Å². The smallest absolute Gasteiger partial charge is 0.296 e. The van der Waals surface area contributed by atoms with Gasteiger partial charge in [-0.05, 0) is 82.2 Å². The molecule has 0 amide bonds. The normalized spacial score (nSPS) is 11.5. The Kier molecular flexibility index (Phi) is 16.8. The van der Waals surface area contributed by atoms with Crippen molar-refractivity contribution in [3.8, 4) is 0 Å². The molecule has 0 spiro atoms. The monoisotopic (exact) mass is 551 g/mol. The summed E-state index contributed by atoms with van der Waals surface area (Å²) in [5.41, 5.74) is 3.17. The Labute approximate surface area is 243 Å². The van der Waals surface area contributed by atoms with E-state index in [0.717, 1.165) is 38.0 Å².